The van der Waals surface area contributed by atoms with Crippen LogP contribution >= 0.6 is 11.6 Å². The lowest BCUT2D eigenvalue weighted by molar-refractivity contribution is 0.102. The van der Waals surface area contributed by atoms with E-state index in [-0.39, 0.29) is 11.6 Å². The first kappa shape index (κ1) is 17.5. The summed E-state index contributed by atoms with van der Waals surface area (Å²) in [5.74, 6) is 1.63. The second-order valence-electron chi connectivity index (χ2n) is 6.27. The lowest BCUT2D eigenvalue weighted by Crippen LogP contribution is -2.35. The third-order valence-electron chi connectivity index (χ3n) is 4.27. The topological polar surface area (TPSA) is 67.3 Å². The molecule has 1 aromatic heterocycles. The number of rotatable bonds is 4. The zero-order chi connectivity index (χ0) is 17.8. The first-order valence-corrected chi connectivity index (χ1v) is 8.68. The standard InChI is InChI=1S/C18H21ClN4O2/c1-12-4-3-9-23(11-12)17-8-6-14(21-22-17)18(24)20-15-10-13(19)5-7-16(15)25-2/h5-8,10,12H,3-4,9,11H2,1-2H3,(H,20,24). The molecule has 132 valence electrons. The summed E-state index contributed by atoms with van der Waals surface area (Å²) in [6.07, 6.45) is 2.39. The molecule has 0 aliphatic carbocycles. The Morgan fingerprint density at radius 1 is 1.32 bits per heavy atom. The number of benzene rings is 1. The van der Waals surface area contributed by atoms with Gasteiger partial charge in [0.1, 0.15) is 5.75 Å². The van der Waals surface area contributed by atoms with Crippen LogP contribution in [0.25, 0.3) is 0 Å². The summed E-state index contributed by atoms with van der Waals surface area (Å²) in [5.41, 5.74) is 0.742. The van der Waals surface area contributed by atoms with Gasteiger partial charge < -0.3 is 15.0 Å². The van der Waals surface area contributed by atoms with Gasteiger partial charge in [-0.15, -0.1) is 10.2 Å². The van der Waals surface area contributed by atoms with E-state index in [2.05, 4.69) is 27.3 Å². The number of nitrogens with one attached hydrogen (secondary N) is 1. The molecule has 1 aliphatic heterocycles. The highest BCUT2D eigenvalue weighted by Gasteiger charge is 2.19. The van der Waals surface area contributed by atoms with Crippen molar-refractivity contribution in [3.05, 3.63) is 41.0 Å². The number of carbonyl (C=O) groups excluding carboxylic acids is 1. The van der Waals surface area contributed by atoms with E-state index in [1.807, 2.05) is 6.07 Å². The van der Waals surface area contributed by atoms with Crippen molar-refractivity contribution in [1.82, 2.24) is 10.2 Å². The average molecular weight is 361 g/mol. The van der Waals surface area contributed by atoms with Crippen LogP contribution in [0, 0.1) is 5.92 Å². The zero-order valence-corrected chi connectivity index (χ0v) is 15.1. The van der Waals surface area contributed by atoms with Crippen LogP contribution in [0.2, 0.25) is 5.02 Å². The first-order chi connectivity index (χ1) is 12.1. The lowest BCUT2D eigenvalue weighted by atomic mass is 10.0. The highest BCUT2D eigenvalue weighted by atomic mass is 35.5. The second-order valence-corrected chi connectivity index (χ2v) is 6.71. The van der Waals surface area contributed by atoms with Gasteiger partial charge in [-0.1, -0.05) is 18.5 Å². The minimum absolute atomic E-state index is 0.246. The highest BCUT2D eigenvalue weighted by Crippen LogP contribution is 2.28. The fourth-order valence-electron chi connectivity index (χ4n) is 2.98. The minimum atomic E-state index is -0.355. The fraction of sp³-hybridized carbons (Fsp3) is 0.389. The predicted molar refractivity (Wildman–Crippen MR) is 98.6 cm³/mol. The van der Waals surface area contributed by atoms with Crippen LogP contribution in [-0.2, 0) is 0 Å². The fourth-order valence-corrected chi connectivity index (χ4v) is 3.15. The Labute approximate surface area is 152 Å². The van der Waals surface area contributed by atoms with Gasteiger partial charge in [-0.2, -0.15) is 0 Å². The predicted octanol–water partition coefficient (Wildman–Crippen LogP) is 3.63. The molecule has 1 fully saturated rings. The van der Waals surface area contributed by atoms with Crippen LogP contribution in [0.5, 0.6) is 5.75 Å². The largest absolute Gasteiger partial charge is 0.495 e. The first-order valence-electron chi connectivity index (χ1n) is 8.30. The molecule has 1 aromatic carbocycles. The third kappa shape index (κ3) is 4.20. The average Bonchev–Trinajstić information content (AvgIpc) is 2.62. The van der Waals surface area contributed by atoms with E-state index >= 15 is 0 Å². The van der Waals surface area contributed by atoms with Crippen LogP contribution in [0.1, 0.15) is 30.3 Å². The summed E-state index contributed by atoms with van der Waals surface area (Å²) in [6.45, 7) is 4.18. The molecule has 1 N–H and O–H groups in total. The number of methoxy groups -OCH3 is 1. The number of anilines is 2. The Hall–Kier alpha value is -2.34. The molecule has 1 unspecified atom stereocenters. The molecule has 0 radical (unpaired) electrons. The summed E-state index contributed by atoms with van der Waals surface area (Å²) in [5, 5.41) is 11.6. The Bertz CT molecular complexity index is 751. The van der Waals surface area contributed by atoms with Gasteiger partial charge in [-0.3, -0.25) is 4.79 Å². The molecule has 0 spiro atoms. The molecule has 1 atom stereocenters. The quantitative estimate of drug-likeness (QED) is 0.901. The molecule has 2 aromatic rings. The monoisotopic (exact) mass is 360 g/mol. The summed E-state index contributed by atoms with van der Waals surface area (Å²) in [7, 11) is 1.53. The van der Waals surface area contributed by atoms with Crippen molar-refractivity contribution < 1.29 is 9.53 Å². The van der Waals surface area contributed by atoms with Crippen LogP contribution in [-0.4, -0.2) is 36.3 Å². The lowest BCUT2D eigenvalue weighted by Gasteiger charge is -2.31. The van der Waals surface area contributed by atoms with E-state index in [9.17, 15) is 4.79 Å². The number of amides is 1. The number of hydrogen-bond acceptors (Lipinski definition) is 5. The molecular formula is C18H21ClN4O2. The van der Waals surface area contributed by atoms with Crippen molar-refractivity contribution in [3.63, 3.8) is 0 Å². The van der Waals surface area contributed by atoms with Crippen molar-refractivity contribution in [2.45, 2.75) is 19.8 Å². The molecule has 2 heterocycles. The smallest absolute Gasteiger partial charge is 0.276 e. The van der Waals surface area contributed by atoms with E-state index in [1.165, 1.54) is 13.5 Å². The number of aromatic nitrogens is 2. The van der Waals surface area contributed by atoms with Gasteiger partial charge in [0.25, 0.3) is 5.91 Å². The van der Waals surface area contributed by atoms with Crippen LogP contribution < -0.4 is 15.0 Å². The van der Waals surface area contributed by atoms with Gasteiger partial charge in [0.2, 0.25) is 0 Å². The number of ether oxygens (including phenoxy) is 1. The molecule has 1 amide bonds. The van der Waals surface area contributed by atoms with Crippen LogP contribution in [0.3, 0.4) is 0 Å². The molecule has 6 nitrogen and oxygen atoms in total. The van der Waals surface area contributed by atoms with Crippen molar-refractivity contribution >= 4 is 29.0 Å². The molecule has 0 bridgehead atoms. The van der Waals surface area contributed by atoms with Gasteiger partial charge in [0.05, 0.1) is 12.8 Å². The second kappa shape index (κ2) is 7.70. The summed E-state index contributed by atoms with van der Waals surface area (Å²) < 4.78 is 5.23. The Balaban J connectivity index is 1.72. The molecule has 7 heteroatoms. The third-order valence-corrected chi connectivity index (χ3v) is 4.51. The highest BCUT2D eigenvalue weighted by molar-refractivity contribution is 6.31. The SMILES string of the molecule is COc1ccc(Cl)cc1NC(=O)c1ccc(N2CCCC(C)C2)nn1. The van der Waals surface area contributed by atoms with Crippen LogP contribution in [0.4, 0.5) is 11.5 Å². The summed E-state index contributed by atoms with van der Waals surface area (Å²) in [6, 6.07) is 8.56. The van der Waals surface area contributed by atoms with Gasteiger partial charge in [0, 0.05) is 18.1 Å². The number of piperidine rings is 1. The Morgan fingerprint density at radius 2 is 2.16 bits per heavy atom. The van der Waals surface area contributed by atoms with E-state index in [0.717, 1.165) is 25.3 Å². The normalized spacial score (nSPS) is 17.2. The number of halogens is 1. The van der Waals surface area contributed by atoms with Gasteiger partial charge in [0.15, 0.2) is 11.5 Å². The zero-order valence-electron chi connectivity index (χ0n) is 14.3. The van der Waals surface area contributed by atoms with Gasteiger partial charge >= 0.3 is 0 Å². The Morgan fingerprint density at radius 3 is 2.84 bits per heavy atom. The van der Waals surface area contributed by atoms with Gasteiger partial charge in [-0.05, 0) is 49.1 Å². The summed E-state index contributed by atoms with van der Waals surface area (Å²) in [4.78, 5) is 14.6. The molecular weight excluding hydrogens is 340 g/mol. The van der Waals surface area contributed by atoms with Crippen molar-refractivity contribution in [3.8, 4) is 5.75 Å². The minimum Gasteiger partial charge on any atom is -0.495 e. The van der Waals surface area contributed by atoms with Crippen LogP contribution in [0.15, 0.2) is 30.3 Å². The molecule has 25 heavy (non-hydrogen) atoms. The number of nitrogens with zero attached hydrogens (tertiary/aromatic N) is 3. The maximum Gasteiger partial charge on any atom is 0.276 e. The van der Waals surface area contributed by atoms with Crippen molar-refractivity contribution in [2.24, 2.45) is 5.92 Å². The maximum absolute atomic E-state index is 12.4. The molecule has 3 rings (SSSR count). The molecule has 0 saturated carbocycles. The van der Waals surface area contributed by atoms with Crippen molar-refractivity contribution in [2.75, 3.05) is 30.4 Å². The summed E-state index contributed by atoms with van der Waals surface area (Å²) >= 11 is 5.98. The van der Waals surface area contributed by atoms with E-state index in [4.69, 9.17) is 16.3 Å². The number of carbonyl (C=O) groups is 1. The molecule has 1 aliphatic rings. The van der Waals surface area contributed by atoms with E-state index in [0.29, 0.717) is 22.4 Å². The maximum atomic E-state index is 12.4. The van der Waals surface area contributed by atoms with E-state index in [1.54, 1.807) is 24.3 Å². The van der Waals surface area contributed by atoms with Gasteiger partial charge in [-0.25, -0.2) is 0 Å². The molecule has 1 saturated heterocycles. The Kier molecular flexibility index (Phi) is 5.38. The van der Waals surface area contributed by atoms with E-state index < -0.39 is 0 Å². The van der Waals surface area contributed by atoms with Crippen molar-refractivity contribution in [1.29, 1.82) is 0 Å². The number of hydrogen-bond donors (Lipinski definition) is 1.